The number of aromatic nitrogens is 2. The topological polar surface area (TPSA) is 125 Å². The number of carbonyl (C=O) groups is 1. The van der Waals surface area contributed by atoms with E-state index in [2.05, 4.69) is 83.5 Å². The number of rotatable bonds is 9. The zero-order chi connectivity index (χ0) is 43.4. The molecule has 1 N–H and O–H groups in total. The van der Waals surface area contributed by atoms with Crippen molar-refractivity contribution in [3.63, 3.8) is 0 Å². The van der Waals surface area contributed by atoms with Gasteiger partial charge in [-0.05, 0) is 118 Å². The molecule has 0 radical (unpaired) electrons. The number of benzene rings is 3. The van der Waals surface area contributed by atoms with E-state index in [1.165, 1.54) is 41.2 Å². The SMILES string of the molecule is Brc1ccc(C2CCN(C3COC3)C2)cc1.CC(C)(C)OC(=O)N1CCC(Oc2ccc(-c3ccnc(Nc4ccc(C5CCN(C6COC6)C5)cc4)n3)cc2C#N)C(F)(F)C1. The number of halogens is 3. The number of nitriles is 1. The van der Waals surface area contributed by atoms with Crippen LogP contribution in [0.4, 0.5) is 25.2 Å². The van der Waals surface area contributed by atoms with E-state index in [0.29, 0.717) is 41.1 Å². The molecule has 5 aliphatic heterocycles. The monoisotopic (exact) mass is 913 g/mol. The van der Waals surface area contributed by atoms with Gasteiger partial charge in [-0.2, -0.15) is 5.26 Å². The van der Waals surface area contributed by atoms with Crippen molar-refractivity contribution >= 4 is 33.7 Å². The van der Waals surface area contributed by atoms with E-state index in [1.807, 2.05) is 12.1 Å². The summed E-state index contributed by atoms with van der Waals surface area (Å²) >= 11 is 3.48. The van der Waals surface area contributed by atoms with Gasteiger partial charge < -0.3 is 29.2 Å². The van der Waals surface area contributed by atoms with Crippen LogP contribution in [0, 0.1) is 11.3 Å². The molecular formula is C47H54BrF2N7O5. The number of nitrogens with one attached hydrogen (secondary N) is 1. The molecule has 0 saturated carbocycles. The predicted octanol–water partition coefficient (Wildman–Crippen LogP) is 8.61. The van der Waals surface area contributed by atoms with E-state index >= 15 is 8.78 Å². The lowest BCUT2D eigenvalue weighted by molar-refractivity contribution is -0.137. The van der Waals surface area contributed by atoms with Crippen molar-refractivity contribution in [2.24, 2.45) is 0 Å². The van der Waals surface area contributed by atoms with Crippen LogP contribution in [-0.2, 0) is 14.2 Å². The van der Waals surface area contributed by atoms with Gasteiger partial charge in [0.05, 0.1) is 56.3 Å². The highest BCUT2D eigenvalue weighted by Gasteiger charge is 2.48. The summed E-state index contributed by atoms with van der Waals surface area (Å²) < 4.78 is 52.8. The highest BCUT2D eigenvalue weighted by molar-refractivity contribution is 9.10. The van der Waals surface area contributed by atoms with Crippen molar-refractivity contribution in [2.75, 3.05) is 71.0 Å². The highest BCUT2D eigenvalue weighted by atomic mass is 79.9. The molecule has 15 heteroatoms. The molecule has 6 heterocycles. The van der Waals surface area contributed by atoms with Crippen LogP contribution >= 0.6 is 15.9 Å². The molecule has 12 nitrogen and oxygen atoms in total. The molecule has 62 heavy (non-hydrogen) atoms. The van der Waals surface area contributed by atoms with Crippen LogP contribution in [0.3, 0.4) is 0 Å². The minimum absolute atomic E-state index is 0.0422. The molecule has 3 atom stereocenters. The Balaban J connectivity index is 0.000000274. The number of carbonyl (C=O) groups excluding carboxylic acids is 1. The molecule has 4 aromatic rings. The summed E-state index contributed by atoms with van der Waals surface area (Å²) in [4.78, 5) is 27.4. The largest absolute Gasteiger partial charge is 0.483 e. The molecule has 328 valence electrons. The van der Waals surface area contributed by atoms with Gasteiger partial charge in [0.25, 0.3) is 0 Å². The molecule has 1 amide bonds. The average Bonchev–Trinajstić information content (AvgIpc) is 3.89. The lowest BCUT2D eigenvalue weighted by Gasteiger charge is -2.38. The van der Waals surface area contributed by atoms with Gasteiger partial charge >= 0.3 is 12.0 Å². The first-order chi connectivity index (χ1) is 29.8. The second kappa shape index (κ2) is 18.9. The molecule has 5 aliphatic rings. The number of hydrogen-bond acceptors (Lipinski definition) is 11. The average molecular weight is 915 g/mol. The fraction of sp³-hybridized carbons (Fsp3) is 0.489. The maximum Gasteiger partial charge on any atom is 0.410 e. The lowest BCUT2D eigenvalue weighted by atomic mass is 9.98. The van der Waals surface area contributed by atoms with Gasteiger partial charge in [0.15, 0.2) is 6.10 Å². The third-order valence-corrected chi connectivity index (χ3v) is 12.7. The van der Waals surface area contributed by atoms with Crippen LogP contribution in [0.1, 0.15) is 68.6 Å². The second-order valence-corrected chi connectivity index (χ2v) is 18.7. The minimum atomic E-state index is -3.34. The van der Waals surface area contributed by atoms with Crippen molar-refractivity contribution < 1.29 is 32.5 Å². The van der Waals surface area contributed by atoms with E-state index in [0.717, 1.165) is 56.5 Å². The van der Waals surface area contributed by atoms with Gasteiger partial charge in [0, 0.05) is 48.0 Å². The molecule has 9 rings (SSSR count). The van der Waals surface area contributed by atoms with Crippen LogP contribution in [0.15, 0.2) is 83.5 Å². The summed E-state index contributed by atoms with van der Waals surface area (Å²) in [5.41, 5.74) is 4.10. The molecule has 5 saturated heterocycles. The zero-order valence-electron chi connectivity index (χ0n) is 35.4. The Kier molecular flexibility index (Phi) is 13.4. The number of likely N-dealkylation sites (tertiary alicyclic amines) is 3. The molecule has 0 bridgehead atoms. The number of anilines is 2. The van der Waals surface area contributed by atoms with E-state index < -0.39 is 30.3 Å². The van der Waals surface area contributed by atoms with E-state index in [-0.39, 0.29) is 24.3 Å². The first-order valence-electron chi connectivity index (χ1n) is 21.5. The maximum absolute atomic E-state index is 15.1. The van der Waals surface area contributed by atoms with Crippen LogP contribution in [-0.4, -0.2) is 126 Å². The Hall–Kier alpha value is -4.72. The maximum atomic E-state index is 15.1. The Labute approximate surface area is 370 Å². The van der Waals surface area contributed by atoms with Crippen molar-refractivity contribution in [2.45, 2.75) is 81.6 Å². The number of alkyl halides is 2. The fourth-order valence-electron chi connectivity index (χ4n) is 8.51. The smallest absolute Gasteiger partial charge is 0.410 e. The number of amides is 1. The molecule has 1 aromatic heterocycles. The first-order valence-corrected chi connectivity index (χ1v) is 22.3. The van der Waals surface area contributed by atoms with Gasteiger partial charge in [-0.1, -0.05) is 40.2 Å². The highest BCUT2D eigenvalue weighted by Crippen LogP contribution is 2.36. The number of ether oxygens (including phenoxy) is 4. The summed E-state index contributed by atoms with van der Waals surface area (Å²) in [6, 6.07) is 26.9. The molecular weight excluding hydrogens is 860 g/mol. The van der Waals surface area contributed by atoms with E-state index in [1.54, 1.807) is 45.2 Å². The summed E-state index contributed by atoms with van der Waals surface area (Å²) in [5, 5.41) is 13.1. The summed E-state index contributed by atoms with van der Waals surface area (Å²) in [6.07, 6.45) is 1.63. The summed E-state index contributed by atoms with van der Waals surface area (Å²) in [5.74, 6) is -1.69. The van der Waals surface area contributed by atoms with Gasteiger partial charge in [0.1, 0.15) is 17.4 Å². The van der Waals surface area contributed by atoms with E-state index in [4.69, 9.17) is 18.9 Å². The third-order valence-electron chi connectivity index (χ3n) is 12.2. The molecule has 3 aromatic carbocycles. The lowest BCUT2D eigenvalue weighted by Crippen LogP contribution is -2.56. The van der Waals surface area contributed by atoms with Crippen molar-refractivity contribution in [3.05, 3.63) is 100 Å². The Bertz CT molecular complexity index is 2210. The Morgan fingerprint density at radius 1 is 0.871 bits per heavy atom. The van der Waals surface area contributed by atoms with Gasteiger partial charge in [-0.15, -0.1) is 0 Å². The van der Waals surface area contributed by atoms with Crippen LogP contribution in [0.2, 0.25) is 0 Å². The molecule has 3 unspecified atom stereocenters. The first kappa shape index (κ1) is 43.9. The number of piperidine rings is 1. The number of nitrogens with zero attached hydrogens (tertiary/aromatic N) is 6. The molecule has 5 fully saturated rings. The quantitative estimate of drug-likeness (QED) is 0.174. The fourth-order valence-corrected chi connectivity index (χ4v) is 8.78. The Morgan fingerprint density at radius 2 is 1.48 bits per heavy atom. The summed E-state index contributed by atoms with van der Waals surface area (Å²) in [6.45, 7) is 12.4. The molecule has 0 aliphatic carbocycles. The standard InChI is InChI=1S/C34H38F2N6O4.C13H16BrNO/c1-33(2,3)46-32(43)42-15-12-30(34(35,36)21-42)45-29-9-6-23(16-25(29)17-37)28-10-13-38-31(40-28)39-26-7-4-22(5-8-26)24-11-14-41(18-24)27-19-44-20-27;14-12-3-1-10(2-4-12)11-5-6-15(7-11)13-8-16-9-13/h4-10,13,16,24,27,30H,11-12,14-15,18-21H2,1-3H3,(H,38,39,40);1-4,11,13H,5-9H2. The number of hydrogen-bond donors (Lipinski definition) is 1. The molecule has 0 spiro atoms. The van der Waals surface area contributed by atoms with Gasteiger partial charge in [0.2, 0.25) is 5.95 Å². The van der Waals surface area contributed by atoms with Gasteiger partial charge in [-0.25, -0.2) is 23.5 Å². The summed E-state index contributed by atoms with van der Waals surface area (Å²) in [7, 11) is 0. The minimum Gasteiger partial charge on any atom is -0.483 e. The van der Waals surface area contributed by atoms with Crippen molar-refractivity contribution in [1.29, 1.82) is 5.26 Å². The van der Waals surface area contributed by atoms with E-state index in [9.17, 15) is 10.1 Å². The second-order valence-electron chi connectivity index (χ2n) is 17.8. The van der Waals surface area contributed by atoms with Crippen LogP contribution < -0.4 is 10.1 Å². The normalized spacial score (nSPS) is 23.0. The predicted molar refractivity (Wildman–Crippen MR) is 235 cm³/mol. The zero-order valence-corrected chi connectivity index (χ0v) is 37.0. The van der Waals surface area contributed by atoms with Crippen molar-refractivity contribution in [3.8, 4) is 23.1 Å². The third kappa shape index (κ3) is 10.7. The van der Waals surface area contributed by atoms with Crippen LogP contribution in [0.25, 0.3) is 11.3 Å². The van der Waals surface area contributed by atoms with Crippen LogP contribution in [0.5, 0.6) is 5.75 Å². The van der Waals surface area contributed by atoms with Gasteiger partial charge in [-0.3, -0.25) is 9.80 Å². The van der Waals surface area contributed by atoms with Crippen molar-refractivity contribution in [1.82, 2.24) is 24.7 Å². The Morgan fingerprint density at radius 3 is 2.03 bits per heavy atom.